The predicted molar refractivity (Wildman–Crippen MR) is 78.2 cm³/mol. The van der Waals surface area contributed by atoms with Crippen molar-refractivity contribution >= 4 is 0 Å². The zero-order chi connectivity index (χ0) is 14.3. The van der Waals surface area contributed by atoms with Gasteiger partial charge < -0.3 is 15.3 Å². The van der Waals surface area contributed by atoms with E-state index in [2.05, 4.69) is 36.1 Å². The molecule has 5 nitrogen and oxygen atoms in total. The van der Waals surface area contributed by atoms with Crippen molar-refractivity contribution in [1.29, 1.82) is 0 Å². The fourth-order valence-corrected chi connectivity index (χ4v) is 2.33. The van der Waals surface area contributed by atoms with Crippen LogP contribution in [0.3, 0.4) is 0 Å². The Hall–Kier alpha value is -0.910. The van der Waals surface area contributed by atoms with Gasteiger partial charge in [0.05, 0.1) is 18.3 Å². The second kappa shape index (κ2) is 8.30. The minimum Gasteiger partial charge on any atom is -0.394 e. The summed E-state index contributed by atoms with van der Waals surface area (Å²) in [5.74, 6) is 0. The van der Waals surface area contributed by atoms with Gasteiger partial charge in [-0.05, 0) is 19.5 Å². The van der Waals surface area contributed by atoms with E-state index in [1.54, 1.807) is 0 Å². The van der Waals surface area contributed by atoms with Gasteiger partial charge in [0, 0.05) is 31.9 Å². The smallest absolute Gasteiger partial charge is 0.0670 e. The lowest BCUT2D eigenvalue weighted by Crippen LogP contribution is -2.35. The van der Waals surface area contributed by atoms with Gasteiger partial charge in [0.2, 0.25) is 0 Å². The number of hydrogen-bond donors (Lipinski definition) is 2. The maximum atomic E-state index is 9.58. The highest BCUT2D eigenvalue weighted by molar-refractivity contribution is 5.21. The van der Waals surface area contributed by atoms with Gasteiger partial charge in [-0.1, -0.05) is 20.8 Å². The topological polar surface area (TPSA) is 53.3 Å². The van der Waals surface area contributed by atoms with Gasteiger partial charge in [-0.2, -0.15) is 5.10 Å². The number of rotatable bonds is 9. The van der Waals surface area contributed by atoms with Gasteiger partial charge in [-0.25, -0.2) is 0 Å². The third kappa shape index (κ3) is 4.60. The monoisotopic (exact) mass is 268 g/mol. The maximum Gasteiger partial charge on any atom is 0.0670 e. The molecule has 0 amide bonds. The molecule has 0 aliphatic rings. The number of aliphatic hydroxyl groups excluding tert-OH is 1. The highest BCUT2D eigenvalue weighted by Crippen LogP contribution is 2.16. The van der Waals surface area contributed by atoms with Crippen molar-refractivity contribution in [2.45, 2.75) is 33.2 Å². The summed E-state index contributed by atoms with van der Waals surface area (Å²) in [5, 5.41) is 17.4. The van der Waals surface area contributed by atoms with E-state index >= 15 is 0 Å². The molecule has 5 heteroatoms. The molecule has 2 N–H and O–H groups in total. The summed E-state index contributed by atoms with van der Waals surface area (Å²) in [4.78, 5) is 2.37. The molecule has 110 valence electrons. The Morgan fingerprint density at radius 1 is 1.37 bits per heavy atom. The maximum absolute atomic E-state index is 9.58. The van der Waals surface area contributed by atoms with Gasteiger partial charge in [-0.15, -0.1) is 0 Å². The molecular weight excluding hydrogens is 240 g/mol. The molecule has 0 aliphatic heterocycles. The van der Waals surface area contributed by atoms with Crippen LogP contribution in [0.1, 0.15) is 38.1 Å². The highest BCUT2D eigenvalue weighted by Gasteiger charge is 2.16. The van der Waals surface area contributed by atoms with E-state index < -0.39 is 0 Å². The summed E-state index contributed by atoms with van der Waals surface area (Å²) in [6.07, 6.45) is 2.90. The minimum atomic E-state index is -0.0146. The standard InChI is InChI=1S/C14H28N4O/c1-5-13-12(10-17(4)16-13)14(11-19)15-8-9-18(6-2)7-3/h10,14-15,19H,5-9,11H2,1-4H3. The molecule has 0 fully saturated rings. The van der Waals surface area contributed by atoms with Crippen molar-refractivity contribution in [3.63, 3.8) is 0 Å². The van der Waals surface area contributed by atoms with Crippen molar-refractivity contribution < 1.29 is 5.11 Å². The molecule has 0 spiro atoms. The normalized spacial score (nSPS) is 13.2. The molecule has 1 atom stereocenters. The zero-order valence-corrected chi connectivity index (χ0v) is 12.7. The van der Waals surface area contributed by atoms with E-state index in [9.17, 15) is 5.11 Å². The van der Waals surface area contributed by atoms with Crippen LogP contribution < -0.4 is 5.32 Å². The lowest BCUT2D eigenvalue weighted by Gasteiger charge is -2.21. The number of nitrogens with one attached hydrogen (secondary N) is 1. The van der Waals surface area contributed by atoms with Crippen LogP contribution in [-0.4, -0.2) is 52.6 Å². The van der Waals surface area contributed by atoms with Crippen LogP contribution in [0.25, 0.3) is 0 Å². The van der Waals surface area contributed by atoms with Crippen LogP contribution >= 0.6 is 0 Å². The number of hydrogen-bond acceptors (Lipinski definition) is 4. The molecule has 1 heterocycles. The summed E-state index contributed by atoms with van der Waals surface area (Å²) < 4.78 is 1.82. The second-order valence-electron chi connectivity index (χ2n) is 4.77. The first-order chi connectivity index (χ1) is 9.15. The Kier molecular flexibility index (Phi) is 7.05. The molecule has 0 radical (unpaired) electrons. The van der Waals surface area contributed by atoms with Crippen LogP contribution in [-0.2, 0) is 13.5 Å². The summed E-state index contributed by atoms with van der Waals surface area (Å²) in [6, 6.07) is -0.0146. The molecular formula is C14H28N4O. The van der Waals surface area contributed by atoms with Gasteiger partial charge in [-0.3, -0.25) is 4.68 Å². The van der Waals surface area contributed by atoms with Gasteiger partial charge in [0.1, 0.15) is 0 Å². The third-order valence-electron chi connectivity index (χ3n) is 3.54. The van der Waals surface area contributed by atoms with Gasteiger partial charge in [0.25, 0.3) is 0 Å². The number of aromatic nitrogens is 2. The van der Waals surface area contributed by atoms with Crippen LogP contribution in [0.2, 0.25) is 0 Å². The third-order valence-corrected chi connectivity index (χ3v) is 3.54. The fourth-order valence-electron chi connectivity index (χ4n) is 2.33. The molecule has 1 aromatic rings. The average molecular weight is 268 g/mol. The Bertz CT molecular complexity index is 360. The van der Waals surface area contributed by atoms with E-state index in [-0.39, 0.29) is 12.6 Å². The van der Waals surface area contributed by atoms with E-state index in [1.807, 2.05) is 17.9 Å². The van der Waals surface area contributed by atoms with Gasteiger partial charge in [0.15, 0.2) is 0 Å². The first kappa shape index (κ1) is 16.1. The summed E-state index contributed by atoms with van der Waals surface area (Å²) >= 11 is 0. The Labute approximate surface area is 116 Å². The molecule has 0 aliphatic carbocycles. The lowest BCUT2D eigenvalue weighted by atomic mass is 10.1. The van der Waals surface area contributed by atoms with Crippen molar-refractivity contribution in [2.75, 3.05) is 32.8 Å². The largest absolute Gasteiger partial charge is 0.394 e. The molecule has 1 rings (SSSR count). The van der Waals surface area contributed by atoms with Crippen LogP contribution in [0.4, 0.5) is 0 Å². The number of likely N-dealkylation sites (N-methyl/N-ethyl adjacent to an activating group) is 1. The van der Waals surface area contributed by atoms with Crippen LogP contribution in [0, 0.1) is 0 Å². The minimum absolute atomic E-state index is 0.0146. The Morgan fingerprint density at radius 3 is 2.58 bits per heavy atom. The second-order valence-corrected chi connectivity index (χ2v) is 4.77. The van der Waals surface area contributed by atoms with E-state index in [4.69, 9.17) is 0 Å². The molecule has 0 saturated carbocycles. The van der Waals surface area contributed by atoms with E-state index in [1.165, 1.54) is 0 Å². The molecule has 19 heavy (non-hydrogen) atoms. The number of nitrogens with zero attached hydrogens (tertiary/aromatic N) is 3. The Morgan fingerprint density at radius 2 is 2.05 bits per heavy atom. The van der Waals surface area contributed by atoms with Crippen molar-refractivity contribution in [2.24, 2.45) is 7.05 Å². The van der Waals surface area contributed by atoms with E-state index in [0.717, 1.165) is 43.9 Å². The van der Waals surface area contributed by atoms with Crippen molar-refractivity contribution in [3.8, 4) is 0 Å². The first-order valence-corrected chi connectivity index (χ1v) is 7.25. The molecule has 1 aromatic heterocycles. The summed E-state index contributed by atoms with van der Waals surface area (Å²) in [5.41, 5.74) is 2.18. The average Bonchev–Trinajstić information content (AvgIpc) is 2.80. The zero-order valence-electron chi connectivity index (χ0n) is 12.7. The summed E-state index contributed by atoms with van der Waals surface area (Å²) in [6.45, 7) is 10.6. The molecule has 0 aromatic carbocycles. The van der Waals surface area contributed by atoms with Crippen molar-refractivity contribution in [3.05, 3.63) is 17.5 Å². The van der Waals surface area contributed by atoms with Crippen LogP contribution in [0.15, 0.2) is 6.20 Å². The number of aryl methyl sites for hydroxylation is 2. The molecule has 0 saturated heterocycles. The lowest BCUT2D eigenvalue weighted by molar-refractivity contribution is 0.233. The van der Waals surface area contributed by atoms with E-state index in [0.29, 0.717) is 0 Å². The SMILES string of the molecule is CCc1nn(C)cc1C(CO)NCCN(CC)CC. The Balaban J connectivity index is 2.57. The fraction of sp³-hybridized carbons (Fsp3) is 0.786. The molecule has 0 bridgehead atoms. The molecule has 1 unspecified atom stereocenters. The van der Waals surface area contributed by atoms with Crippen molar-refractivity contribution in [1.82, 2.24) is 20.0 Å². The number of aliphatic hydroxyl groups is 1. The first-order valence-electron chi connectivity index (χ1n) is 7.25. The highest BCUT2D eigenvalue weighted by atomic mass is 16.3. The quantitative estimate of drug-likeness (QED) is 0.700. The summed E-state index contributed by atoms with van der Waals surface area (Å²) in [7, 11) is 1.92. The predicted octanol–water partition coefficient (Wildman–Crippen LogP) is 0.947. The van der Waals surface area contributed by atoms with Crippen LogP contribution in [0.5, 0.6) is 0 Å². The van der Waals surface area contributed by atoms with Gasteiger partial charge >= 0.3 is 0 Å².